The molecule has 0 bridgehead atoms. The highest BCUT2D eigenvalue weighted by Gasteiger charge is 2.26. The molecule has 1 aliphatic rings. The summed E-state index contributed by atoms with van der Waals surface area (Å²) in [4.78, 5) is 15.5. The van der Waals surface area contributed by atoms with E-state index in [1.165, 1.54) is 85.2 Å². The molecule has 0 aromatic heterocycles. The lowest BCUT2D eigenvalue weighted by Crippen LogP contribution is -2.19. The number of phenolic OH excluding ortho intramolecular Hbond substituents is 1. The number of hydrogen-bond acceptors (Lipinski definition) is 3. The van der Waals surface area contributed by atoms with Crippen LogP contribution in [0.4, 0.5) is 10.1 Å². The zero-order valence-electron chi connectivity index (χ0n) is 36.3. The molecule has 5 heteroatoms. The molecule has 4 aromatic rings. The van der Waals surface area contributed by atoms with Gasteiger partial charge >= 0.3 is 0 Å². The first kappa shape index (κ1) is 46.2. The standard InChI is InChI=1S/C37H38FNO2.C7H17N.C7H16/c1-5-23(2)25(4)33-20-27(10-9-24(33)3)19-26-11-13-30(14-12-26)37(41)39-32-21-34(28-7-6-8-28)36(35(40)22-32)29-15-17-31(38)18-16-29;1-4-6-8(3)7-5-2;1-4-6-7(3)5-2/h9-18,20-22,28,40H,5-8,19H2,1-4H3,(H,39,41);4-7H2,1-3H3;7H,4-6H2,1-3H3/b25-23-;;. The Morgan fingerprint density at radius 2 is 1.48 bits per heavy atom. The molecule has 4 nitrogen and oxygen atoms in total. The van der Waals surface area contributed by atoms with Crippen molar-refractivity contribution in [1.29, 1.82) is 0 Å². The van der Waals surface area contributed by atoms with Crippen LogP contribution >= 0.6 is 0 Å². The Balaban J connectivity index is 0.000000474. The Kier molecular flexibility index (Phi) is 19.6. The van der Waals surface area contributed by atoms with Crippen molar-refractivity contribution >= 4 is 17.2 Å². The fourth-order valence-corrected chi connectivity index (χ4v) is 7.16. The van der Waals surface area contributed by atoms with Gasteiger partial charge in [-0.1, -0.05) is 115 Å². The number of amides is 1. The molecule has 1 amide bonds. The van der Waals surface area contributed by atoms with Crippen LogP contribution in [-0.2, 0) is 6.42 Å². The van der Waals surface area contributed by atoms with Gasteiger partial charge in [0, 0.05) is 22.9 Å². The minimum absolute atomic E-state index is 0.0864. The average molecular weight is 763 g/mol. The van der Waals surface area contributed by atoms with Crippen LogP contribution in [0, 0.1) is 18.7 Å². The molecular weight excluding hydrogens is 692 g/mol. The number of allylic oxidation sites excluding steroid dienone is 2. The molecule has 0 heterocycles. The summed E-state index contributed by atoms with van der Waals surface area (Å²) in [6, 6.07) is 24.1. The zero-order chi connectivity index (χ0) is 41.2. The largest absolute Gasteiger partial charge is 0.507 e. The highest BCUT2D eigenvalue weighted by atomic mass is 19.1. The topological polar surface area (TPSA) is 52.6 Å². The predicted molar refractivity (Wildman–Crippen MR) is 239 cm³/mol. The van der Waals surface area contributed by atoms with Gasteiger partial charge in [-0.3, -0.25) is 4.79 Å². The second-order valence-electron chi connectivity index (χ2n) is 15.9. The van der Waals surface area contributed by atoms with E-state index in [1.54, 1.807) is 18.2 Å². The summed E-state index contributed by atoms with van der Waals surface area (Å²) in [5.41, 5.74) is 11.3. The molecule has 1 aliphatic carbocycles. The zero-order valence-corrected chi connectivity index (χ0v) is 36.3. The van der Waals surface area contributed by atoms with Gasteiger partial charge in [-0.15, -0.1) is 0 Å². The van der Waals surface area contributed by atoms with Crippen molar-refractivity contribution < 1.29 is 14.3 Å². The van der Waals surface area contributed by atoms with E-state index in [9.17, 15) is 14.3 Å². The Hall–Kier alpha value is -4.22. The van der Waals surface area contributed by atoms with E-state index in [0.29, 0.717) is 22.7 Å². The molecule has 0 spiro atoms. The number of aryl methyl sites for hydroxylation is 1. The van der Waals surface area contributed by atoms with Crippen molar-refractivity contribution in [1.82, 2.24) is 4.90 Å². The van der Waals surface area contributed by atoms with Gasteiger partial charge in [0.25, 0.3) is 5.91 Å². The Labute approximate surface area is 339 Å². The van der Waals surface area contributed by atoms with Gasteiger partial charge in [0.1, 0.15) is 11.6 Å². The Bertz CT molecular complexity index is 1820. The SMILES string of the molecule is CC/C(C)=C(/C)c1cc(Cc2ccc(C(=O)Nc3cc(O)c(-c4ccc(F)cc4)c(C4CCC4)c3)cc2)ccc1C.CCCC(C)CC.CCCN(C)CCC. The third-order valence-corrected chi connectivity index (χ3v) is 11.3. The maximum absolute atomic E-state index is 13.5. The molecule has 0 radical (unpaired) electrons. The van der Waals surface area contributed by atoms with E-state index in [2.05, 4.69) is 97.8 Å². The second-order valence-corrected chi connectivity index (χ2v) is 15.9. The van der Waals surface area contributed by atoms with E-state index in [-0.39, 0.29) is 17.5 Å². The van der Waals surface area contributed by atoms with Crippen molar-refractivity contribution in [2.45, 2.75) is 132 Å². The van der Waals surface area contributed by atoms with Crippen molar-refractivity contribution in [2.75, 3.05) is 25.5 Å². The maximum Gasteiger partial charge on any atom is 0.255 e. The number of anilines is 1. The summed E-state index contributed by atoms with van der Waals surface area (Å²) < 4.78 is 13.5. The van der Waals surface area contributed by atoms with Crippen LogP contribution in [0.2, 0.25) is 0 Å². The molecule has 0 saturated heterocycles. The minimum atomic E-state index is -0.314. The van der Waals surface area contributed by atoms with Gasteiger partial charge in [0.2, 0.25) is 0 Å². The van der Waals surface area contributed by atoms with E-state index in [1.807, 2.05) is 30.3 Å². The lowest BCUT2D eigenvalue weighted by molar-refractivity contribution is 0.102. The maximum atomic E-state index is 13.5. The monoisotopic (exact) mass is 763 g/mol. The molecule has 56 heavy (non-hydrogen) atoms. The lowest BCUT2D eigenvalue weighted by Gasteiger charge is -2.29. The summed E-state index contributed by atoms with van der Waals surface area (Å²) in [5, 5.41) is 14.0. The van der Waals surface area contributed by atoms with Crippen molar-refractivity contribution in [3.63, 3.8) is 0 Å². The third-order valence-electron chi connectivity index (χ3n) is 11.3. The fraction of sp³-hybridized carbons (Fsp3) is 0.471. The molecule has 0 aliphatic heterocycles. The van der Waals surface area contributed by atoms with E-state index >= 15 is 0 Å². The molecule has 1 fully saturated rings. The number of carbonyl (C=O) groups excluding carboxylic acids is 1. The first-order valence-electron chi connectivity index (χ1n) is 21.3. The number of rotatable bonds is 15. The number of hydrogen-bond donors (Lipinski definition) is 2. The van der Waals surface area contributed by atoms with Gasteiger partial charge in [-0.05, 0) is 161 Å². The van der Waals surface area contributed by atoms with Crippen LogP contribution < -0.4 is 5.32 Å². The van der Waals surface area contributed by atoms with Gasteiger partial charge in [-0.2, -0.15) is 0 Å². The molecule has 304 valence electrons. The molecule has 5 rings (SSSR count). The van der Waals surface area contributed by atoms with E-state index in [4.69, 9.17) is 0 Å². The van der Waals surface area contributed by atoms with E-state index < -0.39 is 0 Å². The van der Waals surface area contributed by atoms with Crippen molar-refractivity contribution in [2.24, 2.45) is 5.92 Å². The molecule has 1 saturated carbocycles. The van der Waals surface area contributed by atoms with Crippen molar-refractivity contribution in [3.05, 3.63) is 124 Å². The first-order valence-corrected chi connectivity index (χ1v) is 21.3. The van der Waals surface area contributed by atoms with Crippen LogP contribution in [0.3, 0.4) is 0 Å². The summed E-state index contributed by atoms with van der Waals surface area (Å²) in [6.07, 6.45) is 11.7. The quantitative estimate of drug-likeness (QED) is 0.127. The molecular formula is C51H71FN2O2. The predicted octanol–water partition coefficient (Wildman–Crippen LogP) is 14.4. The molecule has 1 unspecified atom stereocenters. The normalized spacial score (nSPS) is 13.4. The van der Waals surface area contributed by atoms with Crippen LogP contribution in [-0.4, -0.2) is 36.1 Å². The minimum Gasteiger partial charge on any atom is -0.507 e. The van der Waals surface area contributed by atoms with Crippen LogP contribution in [0.5, 0.6) is 5.75 Å². The van der Waals surface area contributed by atoms with Crippen LogP contribution in [0.1, 0.15) is 157 Å². The van der Waals surface area contributed by atoms with Gasteiger partial charge < -0.3 is 15.3 Å². The number of benzene rings is 4. The number of nitrogens with zero attached hydrogens (tertiary/aromatic N) is 1. The number of nitrogens with one attached hydrogen (secondary N) is 1. The number of carbonyl (C=O) groups is 1. The van der Waals surface area contributed by atoms with Crippen molar-refractivity contribution in [3.8, 4) is 16.9 Å². The molecule has 4 aromatic carbocycles. The van der Waals surface area contributed by atoms with Gasteiger partial charge in [-0.25, -0.2) is 4.39 Å². The van der Waals surface area contributed by atoms with Crippen LogP contribution in [0.15, 0.2) is 84.4 Å². The average Bonchev–Trinajstić information content (AvgIpc) is 3.16. The van der Waals surface area contributed by atoms with Gasteiger partial charge in [0.05, 0.1) is 0 Å². The highest BCUT2D eigenvalue weighted by Crippen LogP contribution is 2.46. The summed E-state index contributed by atoms with van der Waals surface area (Å²) in [6.45, 7) is 22.5. The summed E-state index contributed by atoms with van der Waals surface area (Å²) in [7, 11) is 2.17. The van der Waals surface area contributed by atoms with Crippen LogP contribution in [0.25, 0.3) is 16.7 Å². The van der Waals surface area contributed by atoms with E-state index in [0.717, 1.165) is 54.7 Å². The summed E-state index contributed by atoms with van der Waals surface area (Å²) >= 11 is 0. The number of halogens is 1. The lowest BCUT2D eigenvalue weighted by atomic mass is 9.76. The second kappa shape index (κ2) is 23.8. The Morgan fingerprint density at radius 1 is 0.857 bits per heavy atom. The smallest absolute Gasteiger partial charge is 0.255 e. The Morgan fingerprint density at radius 3 is 2.00 bits per heavy atom. The summed E-state index contributed by atoms with van der Waals surface area (Å²) in [5.74, 6) is 0.808. The number of aromatic hydroxyl groups is 1. The fourth-order valence-electron chi connectivity index (χ4n) is 7.16. The molecule has 1 atom stereocenters. The first-order chi connectivity index (χ1) is 26.8. The number of phenols is 1. The molecule has 2 N–H and O–H groups in total. The third kappa shape index (κ3) is 14.1. The highest BCUT2D eigenvalue weighted by molar-refractivity contribution is 6.04. The van der Waals surface area contributed by atoms with Gasteiger partial charge in [0.15, 0.2) is 0 Å².